The second-order valence-corrected chi connectivity index (χ2v) is 2.58. The number of carbonyl (C=O) groups is 1. The molecule has 76 valence electrons. The molecule has 0 spiro atoms. The predicted octanol–water partition coefficient (Wildman–Crippen LogP) is 2.02. The topological polar surface area (TPSA) is 39.4 Å². The van der Waals surface area contributed by atoms with Gasteiger partial charge < -0.3 is 9.15 Å². The molecule has 1 heterocycles. The number of hydrogen-bond donors (Lipinski definition) is 0. The van der Waals surface area contributed by atoms with Crippen molar-refractivity contribution in [2.75, 3.05) is 7.11 Å². The second kappa shape index (κ2) is 6.34. The van der Waals surface area contributed by atoms with E-state index in [-0.39, 0.29) is 53.0 Å². The van der Waals surface area contributed by atoms with Crippen LogP contribution >= 0.6 is 0 Å². The summed E-state index contributed by atoms with van der Waals surface area (Å²) < 4.78 is 9.66. The fourth-order valence-corrected chi connectivity index (χ4v) is 1.15. The van der Waals surface area contributed by atoms with E-state index in [2.05, 4.69) is 10.8 Å². The van der Waals surface area contributed by atoms with Gasteiger partial charge in [-0.15, -0.1) is 17.5 Å². The van der Waals surface area contributed by atoms with Crippen molar-refractivity contribution >= 4 is 16.9 Å². The van der Waals surface area contributed by atoms with Crippen molar-refractivity contribution in [2.24, 2.45) is 0 Å². The van der Waals surface area contributed by atoms with Crippen molar-refractivity contribution in [3.8, 4) is 0 Å². The summed E-state index contributed by atoms with van der Waals surface area (Å²) in [4.78, 5) is 11.1. The molecule has 2 aromatic rings. The van der Waals surface area contributed by atoms with Crippen molar-refractivity contribution in [1.29, 1.82) is 0 Å². The normalized spacial score (nSPS) is 8.87. The summed E-state index contributed by atoms with van der Waals surface area (Å²) in [5, 5.41) is 0.780. The molecule has 0 saturated carbocycles. The first-order valence-electron chi connectivity index (χ1n) is 3.78. The number of ether oxygens (including phenoxy) is 1. The fourth-order valence-electron chi connectivity index (χ4n) is 1.15. The first-order chi connectivity index (χ1) is 6.31. The van der Waals surface area contributed by atoms with Crippen LogP contribution in [-0.4, -0.2) is 13.1 Å². The summed E-state index contributed by atoms with van der Waals surface area (Å²) in [5.41, 5.74) is 1.22. The number of rotatable bonds is 1. The Bertz CT molecular complexity index is 453. The van der Waals surface area contributed by atoms with E-state index in [9.17, 15) is 4.79 Å². The first-order valence-corrected chi connectivity index (χ1v) is 3.78. The van der Waals surface area contributed by atoms with Crippen LogP contribution < -0.4 is 0 Å². The van der Waals surface area contributed by atoms with Crippen molar-refractivity contribution in [1.82, 2.24) is 0 Å². The minimum Gasteiger partial charge on any atom is -0.536 e. The van der Waals surface area contributed by atoms with Gasteiger partial charge in [0, 0.05) is 64.4 Å². The van der Waals surface area contributed by atoms with E-state index in [0.717, 1.165) is 5.39 Å². The molecule has 0 unspecified atom stereocenters. The Morgan fingerprint density at radius 2 is 2.20 bits per heavy atom. The molecule has 0 bridgehead atoms. The number of hydrogen-bond acceptors (Lipinski definition) is 3. The molecule has 2 rings (SSSR count). The average molecular weight is 507 g/mol. The van der Waals surface area contributed by atoms with Crippen LogP contribution in [-0.2, 0) is 37.4 Å². The van der Waals surface area contributed by atoms with Crippen LogP contribution in [0.25, 0.3) is 11.0 Å². The van der Waals surface area contributed by atoms with Gasteiger partial charge in [-0.25, -0.2) is 4.79 Å². The van der Waals surface area contributed by atoms with E-state index >= 15 is 0 Å². The number of benzene rings is 1. The summed E-state index contributed by atoms with van der Waals surface area (Å²) in [6, 6.07) is 7.93. The summed E-state index contributed by atoms with van der Waals surface area (Å²) in [7, 11) is 1.35. The van der Waals surface area contributed by atoms with E-state index in [1.807, 2.05) is 0 Å². The molecule has 0 aliphatic rings. The molecule has 0 aliphatic carbocycles. The Morgan fingerprint density at radius 3 is 2.87 bits per heavy atom. The molecule has 0 fully saturated rings. The van der Waals surface area contributed by atoms with Crippen molar-refractivity contribution < 1.29 is 60.9 Å². The van der Waals surface area contributed by atoms with Crippen LogP contribution in [0.4, 0.5) is 0 Å². The molecule has 1 aromatic heterocycles. The SMILES string of the molecule is COC(=O)c1ccc2oc[c-]c2c1.[Am].[Y]. The third-order valence-electron chi connectivity index (χ3n) is 1.80. The zero-order chi connectivity index (χ0) is 9.26. The number of methoxy groups -OCH3 is 1. The molecule has 0 saturated heterocycles. The molecular weight excluding hydrogens is 500 g/mol. The van der Waals surface area contributed by atoms with Gasteiger partial charge in [0.1, 0.15) is 0 Å². The van der Waals surface area contributed by atoms with Gasteiger partial charge in [-0.3, -0.25) is 0 Å². The second-order valence-electron chi connectivity index (χ2n) is 2.58. The van der Waals surface area contributed by atoms with Gasteiger partial charge in [0.2, 0.25) is 0 Å². The maximum Gasteiger partial charge on any atom is 0.325 e. The van der Waals surface area contributed by atoms with Crippen molar-refractivity contribution in [2.45, 2.75) is 0 Å². The summed E-state index contributed by atoms with van der Waals surface area (Å²) >= 11 is 0. The van der Waals surface area contributed by atoms with E-state index in [1.54, 1.807) is 18.2 Å². The molecule has 15 heavy (non-hydrogen) atoms. The third kappa shape index (κ3) is 3.09. The molecule has 3 nitrogen and oxygen atoms in total. The molecule has 5 heteroatoms. The van der Waals surface area contributed by atoms with E-state index < -0.39 is 0 Å². The largest absolute Gasteiger partial charge is 0.536 e. The quantitative estimate of drug-likeness (QED) is 0.439. The Hall–Kier alpha value is -0.276. The standard InChI is InChI=1S/C10H7O3.Am.Y/c1-12-10(11)8-2-3-9-7(6-8)4-5-13-9;;/h2-3,5-6H,1H3;;/q-1;;. The van der Waals surface area contributed by atoms with Gasteiger partial charge in [0.15, 0.2) is 0 Å². The molecule has 1 aromatic carbocycles. The van der Waals surface area contributed by atoms with E-state index in [4.69, 9.17) is 4.42 Å². The fraction of sp³-hybridized carbons (Fsp3) is 0.100. The van der Waals surface area contributed by atoms with Gasteiger partial charge >= 0.3 is 5.97 Å². The molecule has 0 aliphatic heterocycles. The number of esters is 1. The number of furan rings is 1. The van der Waals surface area contributed by atoms with Gasteiger partial charge in [-0.2, -0.15) is 0 Å². The summed E-state index contributed by atoms with van der Waals surface area (Å²) in [5.74, 6) is -0.350. The third-order valence-corrected chi connectivity index (χ3v) is 1.80. The molecule has 2 radical (unpaired) electrons. The zero-order valence-corrected chi connectivity index (χ0v) is 14.0. The Balaban J connectivity index is 0.000000980. The minimum absolute atomic E-state index is 0. The van der Waals surface area contributed by atoms with Crippen LogP contribution in [0, 0.1) is 20.3 Å². The Kier molecular flexibility index (Phi) is 6.22. The van der Waals surface area contributed by atoms with Gasteiger partial charge in [-0.1, -0.05) is 12.1 Å². The van der Waals surface area contributed by atoms with E-state index in [1.165, 1.54) is 13.4 Å². The molecule has 0 atom stereocenters. The van der Waals surface area contributed by atoms with E-state index in [0.29, 0.717) is 11.1 Å². The first kappa shape index (κ1) is 14.7. The maximum absolute atomic E-state index is 11.1. The van der Waals surface area contributed by atoms with Crippen molar-refractivity contribution in [3.63, 3.8) is 0 Å². The zero-order valence-electron chi connectivity index (χ0n) is 7.99. The average Bonchev–Trinajstić information content (AvgIpc) is 2.63. The van der Waals surface area contributed by atoms with Gasteiger partial charge in [0.05, 0.1) is 7.11 Å². The predicted molar refractivity (Wildman–Crippen MR) is 46.4 cm³/mol. The minimum atomic E-state index is -0.350. The van der Waals surface area contributed by atoms with Crippen LogP contribution in [0.3, 0.4) is 0 Å². The summed E-state index contributed by atoms with van der Waals surface area (Å²) in [6.45, 7) is 0. The molecule has 0 N–H and O–H groups in total. The monoisotopic (exact) mass is 505 g/mol. The molecular formula is C10H7AmO3Y-. The Labute approximate surface area is 120 Å². The Morgan fingerprint density at radius 1 is 1.47 bits per heavy atom. The maximum atomic E-state index is 11.1. The van der Waals surface area contributed by atoms with Crippen LogP contribution in [0.2, 0.25) is 0 Å². The van der Waals surface area contributed by atoms with Gasteiger partial charge in [0.25, 0.3) is 0 Å². The van der Waals surface area contributed by atoms with Crippen LogP contribution in [0.15, 0.2) is 28.9 Å². The van der Waals surface area contributed by atoms with Crippen molar-refractivity contribution in [3.05, 3.63) is 36.1 Å². The van der Waals surface area contributed by atoms with Gasteiger partial charge in [-0.05, 0) is 0 Å². The number of fused-ring (bicyclic) bond motifs is 1. The number of carbonyl (C=O) groups excluding carboxylic acids is 1. The summed E-state index contributed by atoms with van der Waals surface area (Å²) in [6.07, 6.45) is 1.46. The van der Waals surface area contributed by atoms with Crippen LogP contribution in [0.1, 0.15) is 10.4 Å². The smallest absolute Gasteiger partial charge is 0.325 e. The van der Waals surface area contributed by atoms with Crippen LogP contribution in [0.5, 0.6) is 0 Å². The molecule has 0 amide bonds.